The van der Waals surface area contributed by atoms with Gasteiger partial charge < -0.3 is 15.1 Å². The zero-order valence-corrected chi connectivity index (χ0v) is 15.2. The largest absolute Gasteiger partial charge is 0.370 e. The summed E-state index contributed by atoms with van der Waals surface area (Å²) in [6, 6.07) is 6.56. The maximum atomic E-state index is 12.9. The van der Waals surface area contributed by atoms with Crippen LogP contribution in [-0.4, -0.2) is 53.9 Å². The van der Waals surface area contributed by atoms with Crippen molar-refractivity contribution in [1.29, 1.82) is 0 Å². The zero-order chi connectivity index (χ0) is 16.8. The van der Waals surface area contributed by atoms with Gasteiger partial charge in [-0.15, -0.1) is 0 Å². The number of piperidine rings is 3. The monoisotopic (exact) mass is 356 g/mol. The van der Waals surface area contributed by atoms with E-state index in [4.69, 9.17) is 0 Å². The van der Waals surface area contributed by atoms with Crippen LogP contribution in [0.15, 0.2) is 18.2 Å². The number of carbonyl (C=O) groups is 1. The Bertz CT molecular complexity index is 790. The second-order valence-electron chi connectivity index (χ2n) is 7.60. The summed E-state index contributed by atoms with van der Waals surface area (Å²) in [6.07, 6.45) is 4.92. The molecule has 2 aromatic rings. The average Bonchev–Trinajstić information content (AvgIpc) is 3.32. The number of carbonyl (C=O) groups excluding carboxylic acids is 1. The standard InChI is InChI=1S/C19H24N4OS/c24-19(20-15-12-22-10-6-13(15)7-11-22)17-14-4-3-5-16(18(14)25-21-17)23-8-1-2-9-23/h3-5,13,15H,1-2,6-12H2,(H,20,24)/t15-/m1/s1. The van der Waals surface area contributed by atoms with E-state index in [-0.39, 0.29) is 11.9 Å². The summed E-state index contributed by atoms with van der Waals surface area (Å²) in [5.74, 6) is 0.641. The topological polar surface area (TPSA) is 48.5 Å². The Morgan fingerprint density at radius 2 is 1.96 bits per heavy atom. The van der Waals surface area contributed by atoms with Crippen molar-refractivity contribution >= 4 is 33.2 Å². The molecule has 0 aliphatic carbocycles. The van der Waals surface area contributed by atoms with E-state index in [1.807, 2.05) is 6.07 Å². The number of aromatic nitrogens is 1. The Kier molecular flexibility index (Phi) is 3.90. The number of hydrogen-bond donors (Lipinski definition) is 1. The third kappa shape index (κ3) is 2.72. The second kappa shape index (κ2) is 6.25. The fourth-order valence-corrected chi connectivity index (χ4v) is 5.60. The number of hydrogen-bond acceptors (Lipinski definition) is 5. The van der Waals surface area contributed by atoms with Crippen LogP contribution in [-0.2, 0) is 0 Å². The first-order chi connectivity index (χ1) is 12.3. The number of rotatable bonds is 3. The first-order valence-corrected chi connectivity index (χ1v) is 10.2. The summed E-state index contributed by atoms with van der Waals surface area (Å²) in [4.78, 5) is 17.8. The summed E-state index contributed by atoms with van der Waals surface area (Å²) < 4.78 is 5.70. The van der Waals surface area contributed by atoms with Crippen molar-refractivity contribution in [3.63, 3.8) is 0 Å². The fraction of sp³-hybridized carbons (Fsp3) is 0.579. The van der Waals surface area contributed by atoms with Gasteiger partial charge in [-0.2, -0.15) is 4.37 Å². The van der Waals surface area contributed by atoms with Crippen molar-refractivity contribution in [2.75, 3.05) is 37.6 Å². The number of anilines is 1. The van der Waals surface area contributed by atoms with Gasteiger partial charge in [0.05, 0.1) is 10.4 Å². The van der Waals surface area contributed by atoms with E-state index in [9.17, 15) is 4.79 Å². The molecule has 1 aromatic heterocycles. The first-order valence-electron chi connectivity index (χ1n) is 9.46. The van der Waals surface area contributed by atoms with Crippen LogP contribution in [0.1, 0.15) is 36.2 Å². The highest BCUT2D eigenvalue weighted by Gasteiger charge is 2.35. The molecular formula is C19H24N4OS. The van der Waals surface area contributed by atoms with Crippen molar-refractivity contribution < 1.29 is 4.79 Å². The SMILES string of the molecule is O=C(N[C@@H]1CN2CCC1CC2)c1nsc2c(N3CCCC3)cccc12. The van der Waals surface area contributed by atoms with Gasteiger partial charge >= 0.3 is 0 Å². The van der Waals surface area contributed by atoms with Gasteiger partial charge in [-0.25, -0.2) is 0 Å². The molecule has 0 saturated carbocycles. The van der Waals surface area contributed by atoms with Gasteiger partial charge in [-0.3, -0.25) is 4.79 Å². The van der Waals surface area contributed by atoms with Crippen molar-refractivity contribution in [1.82, 2.24) is 14.6 Å². The number of benzene rings is 1. The molecule has 6 rings (SSSR count). The third-order valence-corrected chi connectivity index (χ3v) is 7.00. The van der Waals surface area contributed by atoms with E-state index in [2.05, 4.69) is 31.6 Å². The van der Waals surface area contributed by atoms with E-state index in [1.54, 1.807) is 0 Å². The van der Waals surface area contributed by atoms with Crippen LogP contribution in [0, 0.1) is 5.92 Å². The Morgan fingerprint density at radius 1 is 1.16 bits per heavy atom. The molecule has 25 heavy (non-hydrogen) atoms. The lowest BCUT2D eigenvalue weighted by atomic mass is 9.84. The smallest absolute Gasteiger partial charge is 0.271 e. The lowest BCUT2D eigenvalue weighted by Gasteiger charge is -2.44. The van der Waals surface area contributed by atoms with Crippen LogP contribution >= 0.6 is 11.5 Å². The molecule has 5 nitrogen and oxygen atoms in total. The molecule has 6 heteroatoms. The predicted octanol–water partition coefficient (Wildman–Crippen LogP) is 2.72. The highest BCUT2D eigenvalue weighted by molar-refractivity contribution is 7.14. The van der Waals surface area contributed by atoms with Gasteiger partial charge in [0, 0.05) is 31.1 Å². The fourth-order valence-electron chi connectivity index (χ4n) is 4.68. The molecule has 132 valence electrons. The molecule has 4 fully saturated rings. The molecular weight excluding hydrogens is 332 g/mol. The van der Waals surface area contributed by atoms with Crippen molar-refractivity contribution in [3.8, 4) is 0 Å². The number of amides is 1. The van der Waals surface area contributed by atoms with E-state index in [1.165, 1.54) is 56.0 Å². The summed E-state index contributed by atoms with van der Waals surface area (Å²) in [5.41, 5.74) is 1.85. The van der Waals surface area contributed by atoms with Crippen LogP contribution in [0.3, 0.4) is 0 Å². The average molecular weight is 356 g/mol. The van der Waals surface area contributed by atoms with Crippen LogP contribution in [0.4, 0.5) is 5.69 Å². The number of nitrogens with one attached hydrogen (secondary N) is 1. The molecule has 1 aromatic carbocycles. The first kappa shape index (κ1) is 15.6. The normalized spacial score (nSPS) is 28.6. The molecule has 0 spiro atoms. The van der Waals surface area contributed by atoms with E-state index in [0.717, 1.165) is 29.7 Å². The van der Waals surface area contributed by atoms with Gasteiger partial charge in [-0.1, -0.05) is 12.1 Å². The molecule has 1 N–H and O–H groups in total. The molecule has 4 saturated heterocycles. The minimum absolute atomic E-state index is 0.00331. The van der Waals surface area contributed by atoms with Crippen LogP contribution < -0.4 is 10.2 Å². The number of fused-ring (bicyclic) bond motifs is 4. The van der Waals surface area contributed by atoms with E-state index >= 15 is 0 Å². The quantitative estimate of drug-likeness (QED) is 0.919. The van der Waals surface area contributed by atoms with Gasteiger partial charge in [-0.05, 0) is 62.3 Å². The predicted molar refractivity (Wildman–Crippen MR) is 101 cm³/mol. The molecule has 0 radical (unpaired) electrons. The Hall–Kier alpha value is -1.66. The lowest BCUT2D eigenvalue weighted by Crippen LogP contribution is -2.57. The Morgan fingerprint density at radius 3 is 2.68 bits per heavy atom. The lowest BCUT2D eigenvalue weighted by molar-refractivity contribution is 0.0619. The Labute approximate surface area is 152 Å². The maximum absolute atomic E-state index is 12.9. The van der Waals surface area contributed by atoms with Gasteiger partial charge in [0.25, 0.3) is 5.91 Å². The molecule has 4 aliphatic rings. The second-order valence-corrected chi connectivity index (χ2v) is 8.37. The highest BCUT2D eigenvalue weighted by atomic mass is 32.1. The molecule has 5 heterocycles. The number of nitrogens with zero attached hydrogens (tertiary/aromatic N) is 3. The zero-order valence-electron chi connectivity index (χ0n) is 14.4. The summed E-state index contributed by atoms with van der Waals surface area (Å²) in [5, 5.41) is 4.29. The summed E-state index contributed by atoms with van der Waals surface area (Å²) in [6.45, 7) is 5.60. The van der Waals surface area contributed by atoms with Gasteiger partial charge in [0.1, 0.15) is 5.69 Å². The summed E-state index contributed by atoms with van der Waals surface area (Å²) >= 11 is 1.47. The minimum Gasteiger partial charge on any atom is -0.370 e. The maximum Gasteiger partial charge on any atom is 0.271 e. The molecule has 1 atom stereocenters. The van der Waals surface area contributed by atoms with Gasteiger partial charge in [0.2, 0.25) is 0 Å². The minimum atomic E-state index is 0.00331. The summed E-state index contributed by atoms with van der Waals surface area (Å²) in [7, 11) is 0. The van der Waals surface area contributed by atoms with Crippen LogP contribution in [0.5, 0.6) is 0 Å². The van der Waals surface area contributed by atoms with Crippen LogP contribution in [0.25, 0.3) is 10.1 Å². The molecule has 0 unspecified atom stereocenters. The highest BCUT2D eigenvalue weighted by Crippen LogP contribution is 2.34. The van der Waals surface area contributed by atoms with E-state index < -0.39 is 0 Å². The van der Waals surface area contributed by atoms with Crippen molar-refractivity contribution in [2.24, 2.45) is 5.92 Å². The third-order valence-electron chi connectivity index (χ3n) is 6.11. The van der Waals surface area contributed by atoms with Gasteiger partial charge in [0.15, 0.2) is 0 Å². The molecule has 2 bridgehead atoms. The molecule has 4 aliphatic heterocycles. The van der Waals surface area contributed by atoms with Crippen molar-refractivity contribution in [3.05, 3.63) is 23.9 Å². The van der Waals surface area contributed by atoms with Crippen LogP contribution in [0.2, 0.25) is 0 Å². The molecule has 1 amide bonds. The Balaban J connectivity index is 1.41. The van der Waals surface area contributed by atoms with Crippen molar-refractivity contribution in [2.45, 2.75) is 31.7 Å². The van der Waals surface area contributed by atoms with E-state index in [0.29, 0.717) is 11.6 Å².